The molecule has 0 amide bonds. The van der Waals surface area contributed by atoms with Crippen molar-refractivity contribution in [1.29, 1.82) is 0 Å². The number of furan rings is 1. The summed E-state index contributed by atoms with van der Waals surface area (Å²) < 4.78 is 8.78. The highest BCUT2D eigenvalue weighted by Crippen LogP contribution is 2.45. The van der Waals surface area contributed by atoms with E-state index >= 15 is 0 Å². The minimum atomic E-state index is 0.916. The molecular formula is C50H32N2O. The Balaban J connectivity index is 1.10. The molecule has 0 aliphatic heterocycles. The number of para-hydroxylation sites is 4. The highest BCUT2D eigenvalue weighted by atomic mass is 16.3. The summed E-state index contributed by atoms with van der Waals surface area (Å²) >= 11 is 0. The van der Waals surface area contributed by atoms with Crippen LogP contribution >= 0.6 is 0 Å². The van der Waals surface area contributed by atoms with Gasteiger partial charge >= 0.3 is 0 Å². The summed E-state index contributed by atoms with van der Waals surface area (Å²) in [6.45, 7) is 0. The van der Waals surface area contributed by atoms with Crippen molar-refractivity contribution in [2.24, 2.45) is 0 Å². The van der Waals surface area contributed by atoms with Crippen LogP contribution in [0.15, 0.2) is 199 Å². The lowest BCUT2D eigenvalue weighted by molar-refractivity contribution is 0.672. The Labute approximate surface area is 306 Å². The van der Waals surface area contributed by atoms with Crippen LogP contribution in [0, 0.1) is 0 Å². The standard InChI is InChI=1S/C50H32N2O/c1-2-14-38-33(12-1)13-11-22-46(38)51(36-26-28-37(29-27-36)52-47-20-8-4-16-41(47)42-17-5-9-21-48(42)52)45-19-7-3-15-39(45)34-24-30-40-35(32-34)25-31-44-43-18-6-10-23-49(43)53-50(40)44/h1-32H. The second-order valence-corrected chi connectivity index (χ2v) is 13.7. The summed E-state index contributed by atoms with van der Waals surface area (Å²) in [4.78, 5) is 2.42. The molecule has 11 aromatic rings. The third kappa shape index (κ3) is 4.61. The van der Waals surface area contributed by atoms with Gasteiger partial charge in [0.2, 0.25) is 0 Å². The predicted molar refractivity (Wildman–Crippen MR) is 223 cm³/mol. The average Bonchev–Trinajstić information content (AvgIpc) is 3.78. The van der Waals surface area contributed by atoms with Gasteiger partial charge in [-0.1, -0.05) is 121 Å². The van der Waals surface area contributed by atoms with Crippen molar-refractivity contribution in [3.8, 4) is 16.8 Å². The van der Waals surface area contributed by atoms with Gasteiger partial charge in [0, 0.05) is 49.3 Å². The quantitative estimate of drug-likeness (QED) is 0.181. The van der Waals surface area contributed by atoms with E-state index in [-0.39, 0.29) is 0 Å². The Morgan fingerprint density at radius 2 is 1.02 bits per heavy atom. The summed E-state index contributed by atoms with van der Waals surface area (Å²) in [5, 5.41) is 9.48. The summed E-state index contributed by atoms with van der Waals surface area (Å²) in [7, 11) is 0. The molecule has 3 heteroatoms. The van der Waals surface area contributed by atoms with Crippen LogP contribution in [0.2, 0.25) is 0 Å². The molecule has 0 aliphatic carbocycles. The molecule has 9 aromatic carbocycles. The molecule has 248 valence electrons. The average molecular weight is 677 g/mol. The highest BCUT2D eigenvalue weighted by Gasteiger charge is 2.20. The van der Waals surface area contributed by atoms with Gasteiger partial charge in [0.05, 0.1) is 22.4 Å². The van der Waals surface area contributed by atoms with Gasteiger partial charge in [0.1, 0.15) is 11.2 Å². The van der Waals surface area contributed by atoms with E-state index in [2.05, 4.69) is 191 Å². The lowest BCUT2D eigenvalue weighted by Crippen LogP contribution is -2.12. The number of anilines is 3. The number of hydrogen-bond acceptors (Lipinski definition) is 2. The van der Waals surface area contributed by atoms with Gasteiger partial charge in [-0.25, -0.2) is 0 Å². The van der Waals surface area contributed by atoms with Crippen molar-refractivity contribution in [1.82, 2.24) is 4.57 Å². The molecule has 3 nitrogen and oxygen atoms in total. The van der Waals surface area contributed by atoms with E-state index in [1.807, 2.05) is 12.1 Å². The van der Waals surface area contributed by atoms with E-state index in [0.717, 1.165) is 66.6 Å². The molecular weight excluding hydrogens is 645 g/mol. The van der Waals surface area contributed by atoms with Crippen molar-refractivity contribution in [3.05, 3.63) is 194 Å². The molecule has 0 spiro atoms. The van der Waals surface area contributed by atoms with Gasteiger partial charge in [-0.3, -0.25) is 0 Å². The predicted octanol–water partition coefficient (Wildman–Crippen LogP) is 14.1. The fourth-order valence-corrected chi connectivity index (χ4v) is 8.35. The summed E-state index contributed by atoms with van der Waals surface area (Å²) in [6, 6.07) is 69.8. The number of aromatic nitrogens is 1. The Morgan fingerprint density at radius 3 is 1.83 bits per heavy atom. The van der Waals surface area contributed by atoms with Crippen LogP contribution in [-0.2, 0) is 0 Å². The minimum Gasteiger partial charge on any atom is -0.455 e. The summed E-state index contributed by atoms with van der Waals surface area (Å²) in [6.07, 6.45) is 0. The van der Waals surface area contributed by atoms with Gasteiger partial charge in [0.15, 0.2) is 0 Å². The normalized spacial score (nSPS) is 11.8. The lowest BCUT2D eigenvalue weighted by atomic mass is 9.97. The van der Waals surface area contributed by atoms with Crippen LogP contribution in [0.4, 0.5) is 17.1 Å². The van der Waals surface area contributed by atoms with Crippen molar-refractivity contribution in [3.63, 3.8) is 0 Å². The molecule has 0 fully saturated rings. The van der Waals surface area contributed by atoms with Gasteiger partial charge in [-0.2, -0.15) is 0 Å². The van der Waals surface area contributed by atoms with Crippen LogP contribution in [-0.4, -0.2) is 4.57 Å². The highest BCUT2D eigenvalue weighted by molar-refractivity contribution is 6.15. The smallest absolute Gasteiger partial charge is 0.143 e. The maximum atomic E-state index is 6.40. The van der Waals surface area contributed by atoms with Crippen LogP contribution in [0.1, 0.15) is 0 Å². The Hall–Kier alpha value is -7.10. The van der Waals surface area contributed by atoms with Crippen LogP contribution in [0.3, 0.4) is 0 Å². The fourth-order valence-electron chi connectivity index (χ4n) is 8.35. The van der Waals surface area contributed by atoms with E-state index in [1.165, 1.54) is 32.6 Å². The lowest BCUT2D eigenvalue weighted by Gasteiger charge is -2.29. The topological polar surface area (TPSA) is 21.3 Å². The second kappa shape index (κ2) is 11.7. The van der Waals surface area contributed by atoms with E-state index in [4.69, 9.17) is 4.42 Å². The van der Waals surface area contributed by atoms with Crippen LogP contribution in [0.25, 0.3) is 82.1 Å². The van der Waals surface area contributed by atoms with Gasteiger partial charge in [0.25, 0.3) is 0 Å². The molecule has 2 aromatic heterocycles. The first-order valence-corrected chi connectivity index (χ1v) is 18.1. The van der Waals surface area contributed by atoms with Crippen molar-refractivity contribution in [2.45, 2.75) is 0 Å². The van der Waals surface area contributed by atoms with E-state index < -0.39 is 0 Å². The molecule has 0 aliphatic rings. The Morgan fingerprint density at radius 1 is 0.396 bits per heavy atom. The first-order valence-electron chi connectivity index (χ1n) is 18.1. The van der Waals surface area contributed by atoms with Crippen molar-refractivity contribution in [2.75, 3.05) is 4.90 Å². The van der Waals surface area contributed by atoms with Gasteiger partial charge in [-0.05, 0) is 89.1 Å². The van der Waals surface area contributed by atoms with E-state index in [9.17, 15) is 0 Å². The number of nitrogens with zero attached hydrogens (tertiary/aromatic N) is 2. The molecule has 53 heavy (non-hydrogen) atoms. The zero-order valence-electron chi connectivity index (χ0n) is 28.8. The molecule has 0 N–H and O–H groups in total. The summed E-state index contributed by atoms with van der Waals surface area (Å²) in [5.74, 6) is 0. The van der Waals surface area contributed by atoms with Gasteiger partial charge in [-0.15, -0.1) is 0 Å². The number of fused-ring (bicyclic) bond motifs is 9. The minimum absolute atomic E-state index is 0.916. The third-order valence-electron chi connectivity index (χ3n) is 10.8. The second-order valence-electron chi connectivity index (χ2n) is 13.7. The number of rotatable bonds is 5. The third-order valence-corrected chi connectivity index (χ3v) is 10.8. The molecule has 0 atom stereocenters. The van der Waals surface area contributed by atoms with E-state index in [1.54, 1.807) is 0 Å². The Bertz CT molecular complexity index is 3130. The molecule has 2 heterocycles. The molecule has 0 radical (unpaired) electrons. The maximum Gasteiger partial charge on any atom is 0.143 e. The monoisotopic (exact) mass is 676 g/mol. The molecule has 0 bridgehead atoms. The summed E-state index contributed by atoms with van der Waals surface area (Å²) in [5.41, 5.74) is 11.0. The Kier molecular flexibility index (Phi) is 6.55. The zero-order chi connectivity index (χ0) is 34.9. The first kappa shape index (κ1) is 29.6. The van der Waals surface area contributed by atoms with Gasteiger partial charge < -0.3 is 13.9 Å². The van der Waals surface area contributed by atoms with Crippen molar-refractivity contribution >= 4 is 82.4 Å². The van der Waals surface area contributed by atoms with Crippen LogP contribution < -0.4 is 4.90 Å². The molecule has 0 saturated carbocycles. The molecule has 0 unspecified atom stereocenters. The zero-order valence-corrected chi connectivity index (χ0v) is 28.8. The molecule has 11 rings (SSSR count). The van der Waals surface area contributed by atoms with Crippen LogP contribution in [0.5, 0.6) is 0 Å². The molecule has 0 saturated heterocycles. The van der Waals surface area contributed by atoms with Crippen molar-refractivity contribution < 1.29 is 4.42 Å². The SMILES string of the molecule is c1ccc(N(c2ccc(-n3c4ccccc4c4ccccc43)cc2)c2cccc3ccccc23)c(-c2ccc3c(ccc4c5ccccc5oc34)c2)c1. The number of hydrogen-bond donors (Lipinski definition) is 0. The maximum absolute atomic E-state index is 6.40. The largest absolute Gasteiger partial charge is 0.455 e. The fraction of sp³-hybridized carbons (Fsp3) is 0. The van der Waals surface area contributed by atoms with E-state index in [0.29, 0.717) is 0 Å². The first-order chi connectivity index (χ1) is 26.3. The number of benzene rings is 9.